The zero-order valence-electron chi connectivity index (χ0n) is 10.2. The maximum Gasteiger partial charge on any atom is 0.336 e. The Morgan fingerprint density at radius 3 is 2.06 bits per heavy atom. The van der Waals surface area contributed by atoms with Crippen molar-refractivity contribution in [3.63, 3.8) is 0 Å². The number of nitrogens with zero attached hydrogens (tertiary/aromatic N) is 1. The van der Waals surface area contributed by atoms with Gasteiger partial charge in [0, 0.05) is 25.0 Å². The smallest absolute Gasteiger partial charge is 0.336 e. The van der Waals surface area contributed by atoms with Gasteiger partial charge in [0.05, 0.1) is 5.56 Å². The molecule has 0 saturated heterocycles. The van der Waals surface area contributed by atoms with Gasteiger partial charge < -0.3 is 10.0 Å². The van der Waals surface area contributed by atoms with Gasteiger partial charge in [-0.25, -0.2) is 4.79 Å². The Labute approximate surface area is 104 Å². The highest BCUT2D eigenvalue weighted by molar-refractivity contribution is 6.14. The highest BCUT2D eigenvalue weighted by atomic mass is 16.4. The summed E-state index contributed by atoms with van der Waals surface area (Å²) in [6.07, 6.45) is 0. The lowest BCUT2D eigenvalue weighted by molar-refractivity contribution is 0.0699. The lowest BCUT2D eigenvalue weighted by atomic mass is 9.98. The van der Waals surface area contributed by atoms with Crippen LogP contribution in [0.3, 0.4) is 0 Å². The summed E-state index contributed by atoms with van der Waals surface area (Å²) in [4.78, 5) is 24.7. The van der Waals surface area contributed by atoms with E-state index in [2.05, 4.69) is 0 Å². The average molecular weight is 243 g/mol. The Morgan fingerprint density at radius 2 is 1.56 bits per heavy atom. The van der Waals surface area contributed by atoms with Crippen molar-refractivity contribution in [3.05, 3.63) is 47.5 Å². The van der Waals surface area contributed by atoms with Gasteiger partial charge in [0.25, 0.3) is 5.91 Å². The number of amides is 1. The Balaban J connectivity index is 2.82. The summed E-state index contributed by atoms with van der Waals surface area (Å²) in [5, 5.41) is 10.4. The van der Waals surface area contributed by atoms with Crippen LogP contribution in [0.4, 0.5) is 0 Å². The van der Waals surface area contributed by atoms with Crippen LogP contribution in [0.5, 0.6) is 0 Å². The van der Waals surface area contributed by atoms with Crippen LogP contribution in [0.25, 0.3) is 10.8 Å². The van der Waals surface area contributed by atoms with Gasteiger partial charge in [-0.3, -0.25) is 4.79 Å². The number of rotatable bonds is 2. The minimum Gasteiger partial charge on any atom is -0.478 e. The normalized spacial score (nSPS) is 10.3. The van der Waals surface area contributed by atoms with Crippen LogP contribution in [-0.2, 0) is 0 Å². The minimum atomic E-state index is -1.03. The second-order valence-corrected chi connectivity index (χ2v) is 4.21. The summed E-state index contributed by atoms with van der Waals surface area (Å²) in [5.74, 6) is -1.23. The van der Waals surface area contributed by atoms with E-state index in [0.29, 0.717) is 10.9 Å². The first-order valence-electron chi connectivity index (χ1n) is 5.49. The molecule has 0 saturated carbocycles. The van der Waals surface area contributed by atoms with E-state index in [1.807, 2.05) is 0 Å². The van der Waals surface area contributed by atoms with Gasteiger partial charge in [-0.2, -0.15) is 0 Å². The average Bonchev–Trinajstić information content (AvgIpc) is 2.36. The first kappa shape index (κ1) is 12.1. The molecular weight excluding hydrogens is 230 g/mol. The Morgan fingerprint density at radius 1 is 1.00 bits per heavy atom. The number of carbonyl (C=O) groups excluding carboxylic acids is 1. The third kappa shape index (κ3) is 1.93. The molecular formula is C14H13NO3. The standard InChI is InChI=1S/C14H13NO3/c1-15(2)13(16)10-7-3-5-9-6-4-8-11(12(9)10)14(17)18/h3-8H,1-2H3,(H,17,18). The zero-order chi connectivity index (χ0) is 13.3. The molecule has 2 rings (SSSR count). The fourth-order valence-electron chi connectivity index (χ4n) is 1.94. The molecule has 0 bridgehead atoms. The van der Waals surface area contributed by atoms with Crippen molar-refractivity contribution in [3.8, 4) is 0 Å². The van der Waals surface area contributed by atoms with Crippen molar-refractivity contribution in [1.29, 1.82) is 0 Å². The molecule has 2 aromatic carbocycles. The molecule has 1 amide bonds. The van der Waals surface area contributed by atoms with Crippen molar-refractivity contribution in [1.82, 2.24) is 4.90 Å². The number of benzene rings is 2. The number of carboxylic acids is 1. The maximum absolute atomic E-state index is 12.1. The monoisotopic (exact) mass is 243 g/mol. The highest BCUT2D eigenvalue weighted by Gasteiger charge is 2.17. The third-order valence-electron chi connectivity index (χ3n) is 2.77. The van der Waals surface area contributed by atoms with Crippen LogP contribution < -0.4 is 0 Å². The molecule has 4 heteroatoms. The van der Waals surface area contributed by atoms with E-state index in [1.165, 1.54) is 11.0 Å². The summed E-state index contributed by atoms with van der Waals surface area (Å²) < 4.78 is 0. The van der Waals surface area contributed by atoms with Gasteiger partial charge in [0.15, 0.2) is 0 Å². The molecule has 2 aromatic rings. The van der Waals surface area contributed by atoms with Crippen LogP contribution in [0.15, 0.2) is 36.4 Å². The molecule has 0 radical (unpaired) electrons. The van der Waals surface area contributed by atoms with E-state index in [0.717, 1.165) is 5.39 Å². The number of aromatic carboxylic acids is 1. The van der Waals surface area contributed by atoms with Crippen molar-refractivity contribution >= 4 is 22.6 Å². The SMILES string of the molecule is CN(C)C(=O)c1cccc2cccc(C(=O)O)c12. The van der Waals surface area contributed by atoms with Crippen LogP contribution in [0.2, 0.25) is 0 Å². The molecule has 0 aromatic heterocycles. The first-order chi connectivity index (χ1) is 8.52. The van der Waals surface area contributed by atoms with E-state index in [4.69, 9.17) is 0 Å². The lowest BCUT2D eigenvalue weighted by Gasteiger charge is -2.13. The van der Waals surface area contributed by atoms with Gasteiger partial charge in [-0.15, -0.1) is 0 Å². The largest absolute Gasteiger partial charge is 0.478 e. The van der Waals surface area contributed by atoms with Gasteiger partial charge in [-0.1, -0.05) is 24.3 Å². The van der Waals surface area contributed by atoms with E-state index < -0.39 is 5.97 Å². The highest BCUT2D eigenvalue weighted by Crippen LogP contribution is 2.24. The summed E-state index contributed by atoms with van der Waals surface area (Å²) in [5.41, 5.74) is 0.564. The summed E-state index contributed by atoms with van der Waals surface area (Å²) in [6, 6.07) is 10.2. The fraction of sp³-hybridized carbons (Fsp3) is 0.143. The number of hydrogen-bond acceptors (Lipinski definition) is 2. The first-order valence-corrected chi connectivity index (χ1v) is 5.49. The number of carboxylic acid groups (broad SMARTS) is 1. The van der Waals surface area contributed by atoms with Crippen LogP contribution in [0.1, 0.15) is 20.7 Å². The molecule has 0 aliphatic carbocycles. The molecule has 0 atom stereocenters. The predicted octanol–water partition coefficient (Wildman–Crippen LogP) is 2.24. The maximum atomic E-state index is 12.1. The van der Waals surface area contributed by atoms with E-state index in [-0.39, 0.29) is 11.5 Å². The molecule has 18 heavy (non-hydrogen) atoms. The number of fused-ring (bicyclic) bond motifs is 1. The topological polar surface area (TPSA) is 57.6 Å². The molecule has 92 valence electrons. The van der Waals surface area contributed by atoms with Crippen molar-refractivity contribution in [2.75, 3.05) is 14.1 Å². The molecule has 0 heterocycles. The van der Waals surface area contributed by atoms with E-state index in [1.54, 1.807) is 44.4 Å². The number of carbonyl (C=O) groups is 2. The summed E-state index contributed by atoms with van der Waals surface area (Å²) >= 11 is 0. The molecule has 0 aliphatic heterocycles. The minimum absolute atomic E-state index is 0.151. The summed E-state index contributed by atoms with van der Waals surface area (Å²) in [6.45, 7) is 0. The van der Waals surface area contributed by atoms with Crippen molar-refractivity contribution < 1.29 is 14.7 Å². The molecule has 0 aliphatic rings. The van der Waals surface area contributed by atoms with Crippen molar-refractivity contribution in [2.45, 2.75) is 0 Å². The van der Waals surface area contributed by atoms with Gasteiger partial charge in [0.1, 0.15) is 0 Å². The molecule has 0 spiro atoms. The Hall–Kier alpha value is -2.36. The van der Waals surface area contributed by atoms with Crippen LogP contribution in [-0.4, -0.2) is 36.0 Å². The van der Waals surface area contributed by atoms with Gasteiger partial charge in [0.2, 0.25) is 0 Å². The zero-order valence-corrected chi connectivity index (χ0v) is 10.2. The number of hydrogen-bond donors (Lipinski definition) is 1. The van der Waals surface area contributed by atoms with Crippen LogP contribution in [0, 0.1) is 0 Å². The van der Waals surface area contributed by atoms with Gasteiger partial charge >= 0.3 is 5.97 Å². The van der Waals surface area contributed by atoms with Crippen molar-refractivity contribution in [2.24, 2.45) is 0 Å². The predicted molar refractivity (Wildman–Crippen MR) is 68.9 cm³/mol. The fourth-order valence-corrected chi connectivity index (χ4v) is 1.94. The van der Waals surface area contributed by atoms with E-state index in [9.17, 15) is 14.7 Å². The second-order valence-electron chi connectivity index (χ2n) is 4.21. The molecule has 0 unspecified atom stereocenters. The summed E-state index contributed by atoms with van der Waals surface area (Å²) in [7, 11) is 3.29. The lowest BCUT2D eigenvalue weighted by Crippen LogP contribution is -2.22. The third-order valence-corrected chi connectivity index (χ3v) is 2.77. The van der Waals surface area contributed by atoms with E-state index >= 15 is 0 Å². The molecule has 0 fully saturated rings. The molecule has 1 N–H and O–H groups in total. The Bertz CT molecular complexity index is 627. The Kier molecular flexibility index (Phi) is 3.02. The second kappa shape index (κ2) is 4.49. The van der Waals surface area contributed by atoms with Crippen LogP contribution >= 0.6 is 0 Å². The molecule has 4 nitrogen and oxygen atoms in total. The van der Waals surface area contributed by atoms with Gasteiger partial charge in [-0.05, 0) is 17.5 Å². The quantitative estimate of drug-likeness (QED) is 0.880.